The fraction of sp³-hybridized carbons (Fsp3) is 0.0909. The molecule has 160 valence electrons. The second kappa shape index (κ2) is 8.70. The molecule has 0 aliphatic heterocycles. The summed E-state index contributed by atoms with van der Waals surface area (Å²) >= 11 is 3.61. The molecule has 31 heavy (non-hydrogen) atoms. The maximum absolute atomic E-state index is 12.2. The van der Waals surface area contributed by atoms with Gasteiger partial charge in [0, 0.05) is 16.6 Å². The van der Waals surface area contributed by atoms with E-state index < -0.39 is 16.5 Å². The smallest absolute Gasteiger partial charge is 0.337 e. The van der Waals surface area contributed by atoms with Crippen LogP contribution in [-0.4, -0.2) is 24.0 Å². The van der Waals surface area contributed by atoms with Crippen LogP contribution in [0.1, 0.15) is 15.9 Å². The SMILES string of the molecule is Cc1c(-c2ccccc2Br)ccc2c1c(C(=O)O)c1ccccc1[n+]2C.O=S(=O)([O-])F. The van der Waals surface area contributed by atoms with Crippen molar-refractivity contribution in [3.05, 3.63) is 76.3 Å². The summed E-state index contributed by atoms with van der Waals surface area (Å²) in [4.78, 5) is 12.2. The third-order valence-corrected chi connectivity index (χ3v) is 5.66. The number of para-hydroxylation sites is 1. The highest BCUT2D eigenvalue weighted by Gasteiger charge is 2.24. The minimum absolute atomic E-state index is 0.361. The third kappa shape index (κ3) is 4.73. The van der Waals surface area contributed by atoms with Crippen molar-refractivity contribution < 1.29 is 31.3 Å². The van der Waals surface area contributed by atoms with Gasteiger partial charge in [-0.05, 0) is 41.8 Å². The van der Waals surface area contributed by atoms with Crippen molar-refractivity contribution in [3.8, 4) is 11.1 Å². The second-order valence-electron chi connectivity index (χ2n) is 6.76. The number of fused-ring (bicyclic) bond motifs is 2. The van der Waals surface area contributed by atoms with E-state index in [0.717, 1.165) is 43.0 Å². The normalized spacial score (nSPS) is 11.3. The monoisotopic (exact) mass is 505 g/mol. The number of carboxylic acid groups (broad SMARTS) is 1. The number of aromatic carboxylic acids is 1. The van der Waals surface area contributed by atoms with E-state index in [4.69, 9.17) is 13.0 Å². The van der Waals surface area contributed by atoms with Crippen molar-refractivity contribution in [2.75, 3.05) is 0 Å². The molecule has 0 atom stereocenters. The minimum Gasteiger partial charge on any atom is -0.722 e. The zero-order valence-electron chi connectivity index (χ0n) is 16.5. The number of hydrogen-bond donors (Lipinski definition) is 1. The standard InChI is InChI=1S/C22H16BrNO2.FHO3S/c1-13-14(15-7-3-5-9-17(15)23)11-12-19-20(13)21(22(25)26)16-8-4-6-10-18(16)24(19)2;1-5(2,3)4/h3-12H,1-2H3;(H,2,3,4). The molecule has 6 nitrogen and oxygen atoms in total. The summed E-state index contributed by atoms with van der Waals surface area (Å²) in [6.07, 6.45) is 0. The molecule has 3 aromatic carbocycles. The van der Waals surface area contributed by atoms with Gasteiger partial charge < -0.3 is 9.66 Å². The summed E-state index contributed by atoms with van der Waals surface area (Å²) in [5.74, 6) is -0.904. The minimum atomic E-state index is -5.42. The van der Waals surface area contributed by atoms with E-state index in [2.05, 4.69) is 26.6 Å². The number of aromatic nitrogens is 1. The van der Waals surface area contributed by atoms with Crippen LogP contribution in [0.2, 0.25) is 0 Å². The maximum atomic E-state index is 12.2. The highest BCUT2D eigenvalue weighted by atomic mass is 79.9. The van der Waals surface area contributed by atoms with E-state index in [1.165, 1.54) is 0 Å². The molecule has 9 heteroatoms. The molecule has 0 aliphatic rings. The van der Waals surface area contributed by atoms with Gasteiger partial charge in [-0.25, -0.2) is 13.2 Å². The third-order valence-electron chi connectivity index (χ3n) is 4.97. The van der Waals surface area contributed by atoms with Gasteiger partial charge in [0.25, 0.3) is 10.5 Å². The Morgan fingerprint density at radius 1 is 1.00 bits per heavy atom. The van der Waals surface area contributed by atoms with E-state index in [0.29, 0.717) is 5.56 Å². The molecule has 0 spiro atoms. The van der Waals surface area contributed by atoms with Crippen LogP contribution in [0.3, 0.4) is 0 Å². The number of rotatable bonds is 2. The van der Waals surface area contributed by atoms with Gasteiger partial charge in [0.05, 0.1) is 16.3 Å². The van der Waals surface area contributed by atoms with Gasteiger partial charge in [-0.1, -0.05) is 46.3 Å². The molecular weight excluding hydrogens is 489 g/mol. The van der Waals surface area contributed by atoms with Crippen LogP contribution in [-0.2, 0) is 17.6 Å². The molecule has 1 N–H and O–H groups in total. The summed E-state index contributed by atoms with van der Waals surface area (Å²) < 4.78 is 38.4. The number of pyridine rings is 1. The van der Waals surface area contributed by atoms with E-state index in [9.17, 15) is 13.8 Å². The molecular formula is C22H17BrFNO5S. The molecule has 0 unspecified atom stereocenters. The second-order valence-corrected chi connectivity index (χ2v) is 8.40. The van der Waals surface area contributed by atoms with Gasteiger partial charge in [-0.2, -0.15) is 4.57 Å². The number of nitrogens with zero attached hydrogens (tertiary/aromatic N) is 1. The van der Waals surface area contributed by atoms with Crippen molar-refractivity contribution >= 4 is 54.2 Å². The molecule has 0 radical (unpaired) electrons. The van der Waals surface area contributed by atoms with Crippen molar-refractivity contribution in [3.63, 3.8) is 0 Å². The molecule has 1 heterocycles. The Balaban J connectivity index is 0.000000491. The predicted molar refractivity (Wildman–Crippen MR) is 118 cm³/mol. The van der Waals surface area contributed by atoms with Crippen molar-refractivity contribution in [2.45, 2.75) is 6.92 Å². The van der Waals surface area contributed by atoms with Gasteiger partial charge in [-0.15, -0.1) is 3.89 Å². The fourth-order valence-corrected chi connectivity index (χ4v) is 4.23. The molecule has 1 aromatic heterocycles. The first kappa shape index (κ1) is 22.8. The number of carbonyl (C=O) groups is 1. The average Bonchev–Trinajstić information content (AvgIpc) is 2.68. The highest BCUT2D eigenvalue weighted by Crippen LogP contribution is 2.36. The van der Waals surface area contributed by atoms with Crippen molar-refractivity contribution in [2.24, 2.45) is 7.05 Å². The van der Waals surface area contributed by atoms with Crippen LogP contribution in [0.5, 0.6) is 0 Å². The van der Waals surface area contributed by atoms with Crippen LogP contribution < -0.4 is 4.57 Å². The van der Waals surface area contributed by atoms with Crippen LogP contribution >= 0.6 is 15.9 Å². The van der Waals surface area contributed by atoms with E-state index in [1.54, 1.807) is 0 Å². The molecule has 4 aromatic rings. The van der Waals surface area contributed by atoms with E-state index in [-0.39, 0.29) is 0 Å². The number of aryl methyl sites for hydroxylation is 2. The number of carboxylic acids is 1. The molecule has 0 saturated carbocycles. The lowest BCUT2D eigenvalue weighted by atomic mass is 9.92. The Labute approximate surface area is 186 Å². The molecule has 0 amide bonds. The lowest BCUT2D eigenvalue weighted by Crippen LogP contribution is -2.31. The van der Waals surface area contributed by atoms with Crippen molar-refractivity contribution in [1.29, 1.82) is 0 Å². The van der Waals surface area contributed by atoms with Gasteiger partial charge in [0.2, 0.25) is 11.0 Å². The average molecular weight is 506 g/mol. The summed E-state index contributed by atoms with van der Waals surface area (Å²) in [6, 6.07) is 19.7. The van der Waals surface area contributed by atoms with Gasteiger partial charge >= 0.3 is 5.97 Å². The number of hydrogen-bond acceptors (Lipinski definition) is 4. The first-order valence-electron chi connectivity index (χ1n) is 8.98. The Bertz CT molecular complexity index is 1430. The lowest BCUT2D eigenvalue weighted by molar-refractivity contribution is -0.617. The molecule has 0 aliphatic carbocycles. The quantitative estimate of drug-likeness (QED) is 0.185. The topological polar surface area (TPSA) is 98.4 Å². The fourth-order valence-electron chi connectivity index (χ4n) is 3.73. The maximum Gasteiger partial charge on any atom is 0.337 e. The van der Waals surface area contributed by atoms with Crippen LogP contribution in [0.4, 0.5) is 3.89 Å². The Morgan fingerprint density at radius 2 is 1.58 bits per heavy atom. The van der Waals surface area contributed by atoms with E-state index in [1.807, 2.05) is 68.6 Å². The molecule has 0 fully saturated rings. The number of halogens is 2. The lowest BCUT2D eigenvalue weighted by Gasteiger charge is -2.13. The zero-order chi connectivity index (χ0) is 22.9. The first-order valence-corrected chi connectivity index (χ1v) is 11.1. The van der Waals surface area contributed by atoms with Crippen LogP contribution in [0.25, 0.3) is 32.9 Å². The molecule has 0 bridgehead atoms. The molecule has 0 saturated heterocycles. The first-order chi connectivity index (χ1) is 14.5. The van der Waals surface area contributed by atoms with Gasteiger partial charge in [0.15, 0.2) is 0 Å². The Kier molecular flexibility index (Phi) is 6.40. The Morgan fingerprint density at radius 3 is 2.19 bits per heavy atom. The summed E-state index contributed by atoms with van der Waals surface area (Å²) in [6.45, 7) is 2.00. The Hall–Kier alpha value is -2.88. The highest BCUT2D eigenvalue weighted by molar-refractivity contribution is 9.10. The summed E-state index contributed by atoms with van der Waals surface area (Å²) in [7, 11) is -3.44. The summed E-state index contributed by atoms with van der Waals surface area (Å²) in [5, 5.41) is 11.5. The van der Waals surface area contributed by atoms with Crippen molar-refractivity contribution in [1.82, 2.24) is 0 Å². The van der Waals surface area contributed by atoms with E-state index >= 15 is 0 Å². The molecule has 4 rings (SSSR count). The largest absolute Gasteiger partial charge is 0.722 e. The predicted octanol–water partition coefficient (Wildman–Crippen LogP) is 4.67. The van der Waals surface area contributed by atoms with Crippen LogP contribution in [0, 0.1) is 6.92 Å². The number of benzene rings is 3. The van der Waals surface area contributed by atoms with Gasteiger partial charge in [-0.3, -0.25) is 0 Å². The van der Waals surface area contributed by atoms with Crippen LogP contribution in [0.15, 0.2) is 65.1 Å². The van der Waals surface area contributed by atoms with Gasteiger partial charge in [0.1, 0.15) is 7.05 Å². The summed E-state index contributed by atoms with van der Waals surface area (Å²) in [5.41, 5.74) is 5.23. The zero-order valence-corrected chi connectivity index (χ0v) is 18.9.